The van der Waals surface area contributed by atoms with Crippen LogP contribution >= 0.6 is 15.9 Å². The van der Waals surface area contributed by atoms with E-state index >= 15 is 0 Å². The van der Waals surface area contributed by atoms with E-state index in [-0.39, 0.29) is 6.04 Å². The Bertz CT molecular complexity index is 610. The SMILES string of the molecule is CCC(C)c1ccccc1Oc1ccc(Br)cc1C(C)N. The molecule has 2 N–H and O–H groups in total. The summed E-state index contributed by atoms with van der Waals surface area (Å²) in [5, 5.41) is 0. The van der Waals surface area contributed by atoms with Crippen LogP contribution in [0.15, 0.2) is 46.9 Å². The highest BCUT2D eigenvalue weighted by Crippen LogP contribution is 2.35. The van der Waals surface area contributed by atoms with Crippen LogP contribution in [-0.2, 0) is 0 Å². The lowest BCUT2D eigenvalue weighted by Gasteiger charge is -2.18. The van der Waals surface area contributed by atoms with E-state index < -0.39 is 0 Å². The van der Waals surface area contributed by atoms with Crippen LogP contribution in [0.3, 0.4) is 0 Å². The summed E-state index contributed by atoms with van der Waals surface area (Å²) in [4.78, 5) is 0. The van der Waals surface area contributed by atoms with Gasteiger partial charge in [0.05, 0.1) is 0 Å². The van der Waals surface area contributed by atoms with Crippen molar-refractivity contribution in [1.29, 1.82) is 0 Å². The Balaban J connectivity index is 2.39. The zero-order chi connectivity index (χ0) is 15.4. The van der Waals surface area contributed by atoms with Gasteiger partial charge < -0.3 is 10.5 Å². The number of para-hydroxylation sites is 1. The molecule has 0 aliphatic rings. The molecule has 2 unspecified atom stereocenters. The van der Waals surface area contributed by atoms with Crippen LogP contribution in [0.5, 0.6) is 11.5 Å². The molecule has 2 nitrogen and oxygen atoms in total. The number of halogens is 1. The molecule has 21 heavy (non-hydrogen) atoms. The van der Waals surface area contributed by atoms with Gasteiger partial charge in [-0.3, -0.25) is 0 Å². The van der Waals surface area contributed by atoms with Crippen molar-refractivity contribution in [1.82, 2.24) is 0 Å². The minimum Gasteiger partial charge on any atom is -0.457 e. The Labute approximate surface area is 135 Å². The molecule has 0 aromatic heterocycles. The predicted octanol–water partition coefficient (Wildman–Crippen LogP) is 5.77. The van der Waals surface area contributed by atoms with Crippen LogP contribution in [0.2, 0.25) is 0 Å². The Hall–Kier alpha value is -1.32. The van der Waals surface area contributed by atoms with E-state index in [1.807, 2.05) is 37.3 Å². The van der Waals surface area contributed by atoms with Crippen LogP contribution in [0, 0.1) is 0 Å². The summed E-state index contributed by atoms with van der Waals surface area (Å²) in [6, 6.07) is 14.1. The molecule has 0 radical (unpaired) electrons. The summed E-state index contributed by atoms with van der Waals surface area (Å²) in [6.45, 7) is 6.37. The van der Waals surface area contributed by atoms with Gasteiger partial charge in [-0.2, -0.15) is 0 Å². The Morgan fingerprint density at radius 2 is 1.71 bits per heavy atom. The van der Waals surface area contributed by atoms with Gasteiger partial charge in [-0.1, -0.05) is 48.0 Å². The smallest absolute Gasteiger partial charge is 0.132 e. The van der Waals surface area contributed by atoms with E-state index in [4.69, 9.17) is 10.5 Å². The number of hydrogen-bond acceptors (Lipinski definition) is 2. The van der Waals surface area contributed by atoms with Crippen LogP contribution in [0.4, 0.5) is 0 Å². The maximum absolute atomic E-state index is 6.18. The van der Waals surface area contributed by atoms with Gasteiger partial charge in [-0.25, -0.2) is 0 Å². The van der Waals surface area contributed by atoms with Crippen molar-refractivity contribution in [2.75, 3.05) is 0 Å². The van der Waals surface area contributed by atoms with Crippen LogP contribution < -0.4 is 10.5 Å². The van der Waals surface area contributed by atoms with E-state index in [2.05, 4.69) is 41.9 Å². The van der Waals surface area contributed by atoms with Crippen LogP contribution in [-0.4, -0.2) is 0 Å². The molecule has 0 bridgehead atoms. The third-order valence-electron chi connectivity index (χ3n) is 3.74. The third-order valence-corrected chi connectivity index (χ3v) is 4.24. The minimum atomic E-state index is -0.0757. The maximum Gasteiger partial charge on any atom is 0.132 e. The normalized spacial score (nSPS) is 13.8. The van der Waals surface area contributed by atoms with Crippen LogP contribution in [0.25, 0.3) is 0 Å². The first-order valence-corrected chi connectivity index (χ1v) is 8.14. The van der Waals surface area contributed by atoms with Gasteiger partial charge in [-0.05, 0) is 49.1 Å². The van der Waals surface area contributed by atoms with Gasteiger partial charge >= 0.3 is 0 Å². The molecule has 112 valence electrons. The Morgan fingerprint density at radius 1 is 1.05 bits per heavy atom. The van der Waals surface area contributed by atoms with E-state index in [0.717, 1.165) is 28.0 Å². The summed E-state index contributed by atoms with van der Waals surface area (Å²) in [5.74, 6) is 2.20. The fourth-order valence-corrected chi connectivity index (χ4v) is 2.67. The molecule has 0 amide bonds. The molecule has 3 heteroatoms. The van der Waals surface area contributed by atoms with E-state index in [1.165, 1.54) is 5.56 Å². The summed E-state index contributed by atoms with van der Waals surface area (Å²) >= 11 is 3.49. The highest BCUT2D eigenvalue weighted by atomic mass is 79.9. The van der Waals surface area contributed by atoms with E-state index in [0.29, 0.717) is 5.92 Å². The molecule has 2 aromatic rings. The molecule has 0 saturated carbocycles. The second kappa shape index (κ2) is 7.10. The molecule has 2 atom stereocenters. The number of ether oxygens (including phenoxy) is 1. The average molecular weight is 348 g/mol. The van der Waals surface area contributed by atoms with Crippen LogP contribution in [0.1, 0.15) is 50.3 Å². The number of hydrogen-bond donors (Lipinski definition) is 1. The fraction of sp³-hybridized carbons (Fsp3) is 0.333. The topological polar surface area (TPSA) is 35.2 Å². The number of rotatable bonds is 5. The number of nitrogens with two attached hydrogens (primary N) is 1. The molecule has 2 rings (SSSR count). The lowest BCUT2D eigenvalue weighted by Crippen LogP contribution is -2.07. The van der Waals surface area contributed by atoms with Crippen molar-refractivity contribution in [2.24, 2.45) is 5.73 Å². The summed E-state index contributed by atoms with van der Waals surface area (Å²) in [7, 11) is 0. The second-order valence-electron chi connectivity index (χ2n) is 5.42. The fourth-order valence-electron chi connectivity index (χ4n) is 2.29. The lowest BCUT2D eigenvalue weighted by atomic mass is 9.98. The second-order valence-corrected chi connectivity index (χ2v) is 6.34. The quantitative estimate of drug-likeness (QED) is 0.744. The molecule has 0 aliphatic carbocycles. The van der Waals surface area contributed by atoms with Crippen molar-refractivity contribution < 1.29 is 4.74 Å². The van der Waals surface area contributed by atoms with Gasteiger partial charge in [0.1, 0.15) is 11.5 Å². The average Bonchev–Trinajstić information content (AvgIpc) is 2.48. The zero-order valence-corrected chi connectivity index (χ0v) is 14.4. The highest BCUT2D eigenvalue weighted by Gasteiger charge is 2.14. The highest BCUT2D eigenvalue weighted by molar-refractivity contribution is 9.10. The first-order valence-electron chi connectivity index (χ1n) is 7.34. The molecular formula is C18H22BrNO. The van der Waals surface area contributed by atoms with Gasteiger partial charge in [0.25, 0.3) is 0 Å². The molecule has 0 aliphatic heterocycles. The van der Waals surface area contributed by atoms with Crippen molar-refractivity contribution in [3.8, 4) is 11.5 Å². The van der Waals surface area contributed by atoms with Gasteiger partial charge in [0.2, 0.25) is 0 Å². The van der Waals surface area contributed by atoms with Gasteiger partial charge in [0, 0.05) is 16.1 Å². The van der Waals surface area contributed by atoms with Gasteiger partial charge in [0.15, 0.2) is 0 Å². The van der Waals surface area contributed by atoms with Gasteiger partial charge in [-0.15, -0.1) is 0 Å². The Morgan fingerprint density at radius 3 is 2.38 bits per heavy atom. The monoisotopic (exact) mass is 347 g/mol. The third kappa shape index (κ3) is 3.86. The van der Waals surface area contributed by atoms with Crippen molar-refractivity contribution in [3.05, 3.63) is 58.1 Å². The molecule has 2 aromatic carbocycles. The first-order chi connectivity index (χ1) is 10.0. The van der Waals surface area contributed by atoms with Crippen molar-refractivity contribution >= 4 is 15.9 Å². The largest absolute Gasteiger partial charge is 0.457 e. The predicted molar refractivity (Wildman–Crippen MR) is 92.0 cm³/mol. The maximum atomic E-state index is 6.18. The van der Waals surface area contributed by atoms with E-state index in [1.54, 1.807) is 0 Å². The molecule has 0 fully saturated rings. The molecule has 0 saturated heterocycles. The first kappa shape index (κ1) is 16.1. The van der Waals surface area contributed by atoms with E-state index in [9.17, 15) is 0 Å². The summed E-state index contributed by atoms with van der Waals surface area (Å²) < 4.78 is 7.19. The van der Waals surface area contributed by atoms with Crippen molar-refractivity contribution in [2.45, 2.75) is 39.2 Å². The molecule has 0 spiro atoms. The standard InChI is InChI=1S/C18H22BrNO/c1-4-12(2)15-7-5-6-8-17(15)21-18-10-9-14(19)11-16(18)13(3)20/h5-13H,4,20H2,1-3H3. The summed E-state index contributed by atoms with van der Waals surface area (Å²) in [5.41, 5.74) is 8.30. The summed E-state index contributed by atoms with van der Waals surface area (Å²) in [6.07, 6.45) is 1.08. The molecule has 0 heterocycles. The lowest BCUT2D eigenvalue weighted by molar-refractivity contribution is 0.460. The molecular weight excluding hydrogens is 326 g/mol. The number of benzene rings is 2. The van der Waals surface area contributed by atoms with Crippen molar-refractivity contribution in [3.63, 3.8) is 0 Å². The Kier molecular flexibility index (Phi) is 5.43. The minimum absolute atomic E-state index is 0.0757. The zero-order valence-electron chi connectivity index (χ0n) is 12.8.